The van der Waals surface area contributed by atoms with Gasteiger partial charge in [0.15, 0.2) is 9.84 Å². The first-order valence-corrected chi connectivity index (χ1v) is 7.71. The van der Waals surface area contributed by atoms with Gasteiger partial charge in [0.1, 0.15) is 0 Å². The summed E-state index contributed by atoms with van der Waals surface area (Å²) in [5.41, 5.74) is 1.11. The van der Waals surface area contributed by atoms with Crippen LogP contribution in [0.25, 0.3) is 0 Å². The highest BCUT2D eigenvalue weighted by molar-refractivity contribution is 7.93. The maximum Gasteiger partial charge on any atom is 0.309 e. The molecule has 2 fully saturated rings. The van der Waals surface area contributed by atoms with Gasteiger partial charge in [-0.15, -0.1) is 0 Å². The first-order chi connectivity index (χ1) is 8.04. The highest BCUT2D eigenvalue weighted by atomic mass is 32.2. The molecule has 2 saturated heterocycles. The number of carbonyl (C=O) groups excluding carboxylic acids is 1. The molecule has 2 aliphatic heterocycles. The second kappa shape index (κ2) is 4.80. The molecule has 2 atom stereocenters. The quantitative estimate of drug-likeness (QED) is 0.570. The van der Waals surface area contributed by atoms with Crippen molar-refractivity contribution in [3.05, 3.63) is 11.6 Å². The highest BCUT2D eigenvalue weighted by Gasteiger charge is 2.44. The van der Waals surface area contributed by atoms with Gasteiger partial charge in [-0.25, -0.2) is 8.42 Å². The molecule has 0 amide bonds. The number of rotatable bonds is 3. The molecule has 0 N–H and O–H groups in total. The molecule has 96 valence electrons. The molecule has 0 aromatic heterocycles. The topological polar surface area (TPSA) is 60.4 Å². The Morgan fingerprint density at radius 1 is 1.35 bits per heavy atom. The van der Waals surface area contributed by atoms with E-state index in [1.165, 1.54) is 0 Å². The van der Waals surface area contributed by atoms with E-state index in [2.05, 4.69) is 0 Å². The Balaban J connectivity index is 1.98. The fraction of sp³-hybridized carbons (Fsp3) is 0.750. The zero-order valence-corrected chi connectivity index (χ0v) is 10.8. The first-order valence-electron chi connectivity index (χ1n) is 6.10. The van der Waals surface area contributed by atoms with Gasteiger partial charge in [-0.2, -0.15) is 0 Å². The molecule has 0 aromatic rings. The fourth-order valence-corrected chi connectivity index (χ4v) is 5.06. The van der Waals surface area contributed by atoms with Crippen LogP contribution in [0.5, 0.6) is 0 Å². The number of carbonyl (C=O) groups is 1. The summed E-state index contributed by atoms with van der Waals surface area (Å²) in [5, 5.41) is -0.399. The van der Waals surface area contributed by atoms with Crippen LogP contribution in [-0.4, -0.2) is 31.5 Å². The van der Waals surface area contributed by atoms with E-state index >= 15 is 0 Å². The van der Waals surface area contributed by atoms with Crippen LogP contribution in [0, 0.1) is 0 Å². The summed E-state index contributed by atoms with van der Waals surface area (Å²) >= 11 is 0. The van der Waals surface area contributed by atoms with E-state index in [0.29, 0.717) is 19.4 Å². The Morgan fingerprint density at radius 3 is 2.47 bits per heavy atom. The zero-order chi connectivity index (χ0) is 12.5. The third kappa shape index (κ3) is 2.54. The molecular formula is C12H18O4S. The monoisotopic (exact) mass is 258 g/mol. The minimum absolute atomic E-state index is 0.199. The van der Waals surface area contributed by atoms with E-state index in [9.17, 15) is 13.2 Å². The average molecular weight is 258 g/mol. The van der Waals surface area contributed by atoms with Gasteiger partial charge in [0.05, 0.1) is 23.5 Å². The van der Waals surface area contributed by atoms with Gasteiger partial charge in [-0.1, -0.05) is 11.6 Å². The molecule has 2 rings (SSSR count). The van der Waals surface area contributed by atoms with Gasteiger partial charge in [0, 0.05) is 0 Å². The molecule has 0 saturated carbocycles. The van der Waals surface area contributed by atoms with Crippen molar-refractivity contribution in [2.45, 2.75) is 49.5 Å². The summed E-state index contributed by atoms with van der Waals surface area (Å²) in [7, 11) is -2.87. The van der Waals surface area contributed by atoms with Crippen molar-refractivity contribution in [1.82, 2.24) is 0 Å². The molecular weight excluding hydrogens is 240 g/mol. The maximum absolute atomic E-state index is 11.8. The van der Waals surface area contributed by atoms with Crippen molar-refractivity contribution in [1.29, 1.82) is 0 Å². The van der Waals surface area contributed by atoms with Crippen LogP contribution in [-0.2, 0) is 19.4 Å². The number of hydrogen-bond acceptors (Lipinski definition) is 4. The van der Waals surface area contributed by atoms with Crippen LogP contribution >= 0.6 is 0 Å². The van der Waals surface area contributed by atoms with Crippen molar-refractivity contribution in [2.75, 3.05) is 6.61 Å². The number of hydrogen-bond donors (Lipinski definition) is 0. The lowest BCUT2D eigenvalue weighted by atomic mass is 10.1. The molecule has 2 unspecified atom stereocenters. The summed E-state index contributed by atoms with van der Waals surface area (Å²) in [6.07, 6.45) is 4.91. The number of ether oxygens (including phenoxy) is 1. The van der Waals surface area contributed by atoms with E-state index < -0.39 is 9.84 Å². The molecule has 0 radical (unpaired) electrons. The smallest absolute Gasteiger partial charge is 0.309 e. The maximum atomic E-state index is 11.8. The van der Waals surface area contributed by atoms with Crippen molar-refractivity contribution in [2.24, 2.45) is 0 Å². The van der Waals surface area contributed by atoms with E-state index in [0.717, 1.165) is 18.4 Å². The second-order valence-corrected chi connectivity index (χ2v) is 7.20. The number of allylic oxidation sites excluding steroid dienone is 1. The number of sulfone groups is 1. The van der Waals surface area contributed by atoms with Crippen molar-refractivity contribution >= 4 is 15.8 Å². The zero-order valence-electron chi connectivity index (χ0n) is 10.0. The molecule has 2 heterocycles. The Labute approximate surface area is 102 Å². The first kappa shape index (κ1) is 12.6. The summed E-state index contributed by atoms with van der Waals surface area (Å²) in [6, 6.07) is 0. The molecule has 17 heavy (non-hydrogen) atoms. The summed E-state index contributed by atoms with van der Waals surface area (Å²) in [6.45, 7) is 2.17. The molecule has 0 aliphatic carbocycles. The Bertz CT molecular complexity index is 413. The van der Waals surface area contributed by atoms with E-state index in [4.69, 9.17) is 4.74 Å². The van der Waals surface area contributed by atoms with Crippen LogP contribution in [0.3, 0.4) is 0 Å². The number of esters is 1. The summed E-state index contributed by atoms with van der Waals surface area (Å²) in [4.78, 5) is 11.2. The van der Waals surface area contributed by atoms with E-state index in [-0.39, 0.29) is 22.9 Å². The Morgan fingerprint density at radius 2 is 1.94 bits per heavy atom. The third-order valence-corrected chi connectivity index (χ3v) is 6.25. The van der Waals surface area contributed by atoms with Gasteiger partial charge < -0.3 is 4.74 Å². The van der Waals surface area contributed by atoms with E-state index in [1.54, 1.807) is 6.92 Å². The third-order valence-electron chi connectivity index (χ3n) is 3.58. The molecule has 2 aliphatic rings. The average Bonchev–Trinajstić information content (AvgIpc) is 2.48. The normalized spacial score (nSPS) is 30.1. The molecule has 0 aromatic carbocycles. The second-order valence-electron chi connectivity index (χ2n) is 4.69. The lowest BCUT2D eigenvalue weighted by Crippen LogP contribution is -2.29. The minimum atomic E-state index is -2.87. The molecule has 5 heteroatoms. The van der Waals surface area contributed by atoms with Gasteiger partial charge in [-0.3, -0.25) is 4.79 Å². The summed E-state index contributed by atoms with van der Waals surface area (Å²) in [5.74, 6) is -0.235. The molecule has 2 bridgehead atoms. The lowest BCUT2D eigenvalue weighted by Gasteiger charge is -2.22. The number of fused-ring (bicyclic) bond motifs is 2. The van der Waals surface area contributed by atoms with Crippen molar-refractivity contribution in [3.8, 4) is 0 Å². The highest BCUT2D eigenvalue weighted by Crippen LogP contribution is 2.40. The molecule has 0 spiro atoms. The predicted molar refractivity (Wildman–Crippen MR) is 64.3 cm³/mol. The summed E-state index contributed by atoms with van der Waals surface area (Å²) < 4.78 is 28.5. The standard InChI is InChI=1S/C12H18O4S/c1-2-16-12(13)6-3-9-7-10-4-5-11(8-9)17(10,14)15/h3,10-11H,2,4-8H2,1H3. The Kier molecular flexibility index (Phi) is 3.56. The predicted octanol–water partition coefficient (Wildman–Crippen LogP) is 1.61. The van der Waals surface area contributed by atoms with Gasteiger partial charge in [0.25, 0.3) is 0 Å². The Hall–Kier alpha value is -0.840. The van der Waals surface area contributed by atoms with Crippen LogP contribution in [0.1, 0.15) is 39.0 Å². The molecule has 4 nitrogen and oxygen atoms in total. The van der Waals surface area contributed by atoms with E-state index in [1.807, 2.05) is 6.08 Å². The van der Waals surface area contributed by atoms with Gasteiger partial charge in [0.2, 0.25) is 0 Å². The lowest BCUT2D eigenvalue weighted by molar-refractivity contribution is -0.142. The minimum Gasteiger partial charge on any atom is -0.466 e. The van der Waals surface area contributed by atoms with Crippen LogP contribution in [0.15, 0.2) is 11.6 Å². The van der Waals surface area contributed by atoms with Crippen LogP contribution < -0.4 is 0 Å². The SMILES string of the molecule is CCOC(=O)CC=C1CC2CCC(C1)S2(=O)=O. The van der Waals surface area contributed by atoms with Crippen LogP contribution in [0.2, 0.25) is 0 Å². The van der Waals surface area contributed by atoms with Gasteiger partial charge in [-0.05, 0) is 32.6 Å². The van der Waals surface area contributed by atoms with Crippen molar-refractivity contribution < 1.29 is 17.9 Å². The van der Waals surface area contributed by atoms with Crippen LogP contribution in [0.4, 0.5) is 0 Å². The largest absolute Gasteiger partial charge is 0.466 e. The fourth-order valence-electron chi connectivity index (χ4n) is 2.69. The van der Waals surface area contributed by atoms with Crippen molar-refractivity contribution in [3.63, 3.8) is 0 Å². The van der Waals surface area contributed by atoms with Gasteiger partial charge >= 0.3 is 5.97 Å².